The zero-order chi connectivity index (χ0) is 21.8. The number of cyclic esters (lactones) is 1. The molecular weight excluding hydrogens is 380 g/mol. The van der Waals surface area contributed by atoms with Crippen LogP contribution < -0.4 is 4.74 Å². The summed E-state index contributed by atoms with van der Waals surface area (Å²) in [5, 5.41) is 10.6. The van der Waals surface area contributed by atoms with Crippen LogP contribution >= 0.6 is 0 Å². The molecule has 1 heterocycles. The first kappa shape index (κ1) is 22.3. The fourth-order valence-corrected chi connectivity index (χ4v) is 2.88. The monoisotopic (exact) mass is 406 g/mol. The lowest BCUT2D eigenvalue weighted by Gasteiger charge is -2.34. The van der Waals surface area contributed by atoms with Gasteiger partial charge in [0.2, 0.25) is 5.79 Å². The average Bonchev–Trinajstić information content (AvgIpc) is 2.62. The van der Waals surface area contributed by atoms with Crippen molar-refractivity contribution in [1.82, 2.24) is 0 Å². The summed E-state index contributed by atoms with van der Waals surface area (Å²) in [5.41, 5.74) is 1.75. The molecule has 0 bridgehead atoms. The fraction of sp³-hybridized carbons (Fsp3) is 0.476. The van der Waals surface area contributed by atoms with Gasteiger partial charge < -0.3 is 24.1 Å². The number of benzene rings is 1. The van der Waals surface area contributed by atoms with E-state index in [0.717, 1.165) is 5.57 Å². The van der Waals surface area contributed by atoms with E-state index in [9.17, 15) is 19.5 Å². The van der Waals surface area contributed by atoms with Crippen molar-refractivity contribution in [3.05, 3.63) is 34.4 Å². The van der Waals surface area contributed by atoms with Gasteiger partial charge in [0.1, 0.15) is 23.7 Å². The molecule has 0 amide bonds. The molecule has 1 N–H and O–H groups in total. The Morgan fingerprint density at radius 2 is 1.90 bits per heavy atom. The van der Waals surface area contributed by atoms with E-state index in [-0.39, 0.29) is 42.5 Å². The van der Waals surface area contributed by atoms with Gasteiger partial charge in [0.15, 0.2) is 0 Å². The van der Waals surface area contributed by atoms with Gasteiger partial charge in [-0.2, -0.15) is 0 Å². The highest BCUT2D eigenvalue weighted by Gasteiger charge is 2.38. The molecule has 0 aromatic heterocycles. The smallest absolute Gasteiger partial charge is 0.345 e. The number of hydrogen-bond donors (Lipinski definition) is 1. The van der Waals surface area contributed by atoms with Crippen LogP contribution in [0.2, 0.25) is 0 Å². The Balaban J connectivity index is 2.40. The van der Waals surface area contributed by atoms with Crippen molar-refractivity contribution in [2.24, 2.45) is 0 Å². The minimum atomic E-state index is -1.21. The van der Waals surface area contributed by atoms with E-state index in [1.807, 2.05) is 13.0 Å². The van der Waals surface area contributed by atoms with Crippen molar-refractivity contribution >= 4 is 17.9 Å². The minimum Gasteiger partial charge on any atom is -0.508 e. The van der Waals surface area contributed by atoms with Gasteiger partial charge in [0.05, 0.1) is 7.11 Å². The Morgan fingerprint density at radius 3 is 2.52 bits per heavy atom. The number of esters is 3. The molecule has 1 aliphatic heterocycles. The van der Waals surface area contributed by atoms with Gasteiger partial charge in [0.25, 0.3) is 0 Å². The molecule has 0 fully saturated rings. The van der Waals surface area contributed by atoms with Crippen molar-refractivity contribution in [1.29, 1.82) is 0 Å². The largest absolute Gasteiger partial charge is 0.508 e. The number of phenols is 1. The summed E-state index contributed by atoms with van der Waals surface area (Å²) >= 11 is 0. The van der Waals surface area contributed by atoms with Crippen LogP contribution in [0.25, 0.3) is 0 Å². The van der Waals surface area contributed by atoms with Crippen molar-refractivity contribution in [3.63, 3.8) is 0 Å². The zero-order valence-electron chi connectivity index (χ0n) is 17.3. The van der Waals surface area contributed by atoms with Gasteiger partial charge in [-0.05, 0) is 25.8 Å². The molecule has 1 aromatic carbocycles. The van der Waals surface area contributed by atoms with E-state index in [4.69, 9.17) is 14.2 Å². The molecule has 8 heteroatoms. The molecule has 29 heavy (non-hydrogen) atoms. The molecule has 0 saturated carbocycles. The number of fused-ring (bicyclic) bond motifs is 1. The van der Waals surface area contributed by atoms with E-state index in [2.05, 4.69) is 4.74 Å². The Bertz CT molecular complexity index is 851. The maximum absolute atomic E-state index is 12.6. The molecular formula is C21H26O8. The molecule has 1 aliphatic rings. The Kier molecular flexibility index (Phi) is 6.89. The Hall–Kier alpha value is -3.03. The number of hydrogen-bond acceptors (Lipinski definition) is 8. The third-order valence-electron chi connectivity index (χ3n) is 4.37. The van der Waals surface area contributed by atoms with Gasteiger partial charge in [-0.25, -0.2) is 4.79 Å². The molecule has 158 valence electrons. The highest BCUT2D eigenvalue weighted by molar-refractivity contribution is 5.96. The molecule has 0 atom stereocenters. The number of carbonyl (C=O) groups excluding carboxylic acids is 3. The Labute approximate surface area is 169 Å². The third kappa shape index (κ3) is 5.73. The van der Waals surface area contributed by atoms with Crippen LogP contribution in [0.4, 0.5) is 0 Å². The van der Waals surface area contributed by atoms with Crippen LogP contribution in [0.3, 0.4) is 0 Å². The average molecular weight is 406 g/mol. The van der Waals surface area contributed by atoms with Gasteiger partial charge in [-0.1, -0.05) is 11.6 Å². The van der Waals surface area contributed by atoms with Crippen molar-refractivity contribution in [3.8, 4) is 11.5 Å². The molecule has 0 spiro atoms. The highest BCUT2D eigenvalue weighted by Crippen LogP contribution is 2.41. The molecule has 8 nitrogen and oxygen atoms in total. The normalized spacial score (nSPS) is 15.1. The van der Waals surface area contributed by atoms with Gasteiger partial charge in [-0.15, -0.1) is 0 Å². The molecule has 1 aromatic rings. The first-order valence-electron chi connectivity index (χ1n) is 9.20. The van der Waals surface area contributed by atoms with Crippen LogP contribution in [0.1, 0.15) is 62.0 Å². The molecule has 0 saturated heterocycles. The van der Waals surface area contributed by atoms with Gasteiger partial charge >= 0.3 is 17.9 Å². The number of ether oxygens (including phenoxy) is 4. The maximum atomic E-state index is 12.6. The number of carbonyl (C=O) groups is 3. The van der Waals surface area contributed by atoms with E-state index < -0.39 is 17.7 Å². The summed E-state index contributed by atoms with van der Waals surface area (Å²) in [7, 11) is 1.33. The number of rotatable bonds is 7. The molecule has 0 radical (unpaired) electrons. The number of aromatic hydroxyl groups is 1. The van der Waals surface area contributed by atoms with Gasteiger partial charge in [0, 0.05) is 38.3 Å². The fourth-order valence-electron chi connectivity index (χ4n) is 2.88. The van der Waals surface area contributed by atoms with Crippen LogP contribution in [-0.2, 0) is 36.8 Å². The lowest BCUT2D eigenvalue weighted by atomic mass is 9.97. The minimum absolute atomic E-state index is 0.0894. The van der Waals surface area contributed by atoms with Crippen LogP contribution in [0.5, 0.6) is 11.5 Å². The summed E-state index contributed by atoms with van der Waals surface area (Å²) < 4.78 is 20.8. The maximum Gasteiger partial charge on any atom is 0.345 e. The summed E-state index contributed by atoms with van der Waals surface area (Å²) in [6.45, 7) is 6.09. The standard InChI is InChI=1S/C21H26O8/c1-12(7-9-17(24)26-5)6-8-15-16(23)10-14(11-27-13(2)22)18-19(15)28-21(3,4)29-20(18)25/h6,10,23H,7-9,11H2,1-5H3/b12-6+. The van der Waals surface area contributed by atoms with Crippen molar-refractivity contribution in [2.75, 3.05) is 7.11 Å². The second-order valence-corrected chi connectivity index (χ2v) is 7.24. The first-order valence-corrected chi connectivity index (χ1v) is 9.20. The van der Waals surface area contributed by atoms with Crippen LogP contribution in [0, 0.1) is 0 Å². The van der Waals surface area contributed by atoms with E-state index in [1.54, 1.807) is 13.8 Å². The highest BCUT2D eigenvalue weighted by atomic mass is 16.7. The zero-order valence-corrected chi connectivity index (χ0v) is 17.3. The summed E-state index contributed by atoms with van der Waals surface area (Å²) in [5.74, 6) is -2.54. The van der Waals surface area contributed by atoms with E-state index in [0.29, 0.717) is 17.5 Å². The summed E-state index contributed by atoms with van der Waals surface area (Å²) in [4.78, 5) is 35.0. The lowest BCUT2D eigenvalue weighted by Crippen LogP contribution is -2.40. The second kappa shape index (κ2) is 8.98. The quantitative estimate of drug-likeness (QED) is 0.418. The lowest BCUT2D eigenvalue weighted by molar-refractivity contribution is -0.143. The number of allylic oxidation sites excluding steroid dienone is 2. The number of phenolic OH excluding ortho intramolecular Hbond substituents is 1. The van der Waals surface area contributed by atoms with E-state index >= 15 is 0 Å². The Morgan fingerprint density at radius 1 is 1.21 bits per heavy atom. The molecule has 0 unspecified atom stereocenters. The van der Waals surface area contributed by atoms with Crippen molar-refractivity contribution < 1.29 is 38.4 Å². The van der Waals surface area contributed by atoms with Crippen LogP contribution in [-0.4, -0.2) is 35.9 Å². The topological polar surface area (TPSA) is 108 Å². The third-order valence-corrected chi connectivity index (χ3v) is 4.37. The molecule has 2 rings (SSSR count). The summed E-state index contributed by atoms with van der Waals surface area (Å²) in [6, 6.07) is 1.37. The predicted molar refractivity (Wildman–Crippen MR) is 102 cm³/mol. The van der Waals surface area contributed by atoms with Gasteiger partial charge in [-0.3, -0.25) is 9.59 Å². The number of methoxy groups -OCH3 is 1. The SMILES string of the molecule is COC(=O)CC/C(C)=C/Cc1c(O)cc(COC(C)=O)c2c1OC(C)(C)OC2=O. The van der Waals surface area contributed by atoms with E-state index in [1.165, 1.54) is 20.1 Å². The van der Waals surface area contributed by atoms with Crippen molar-refractivity contribution in [2.45, 2.75) is 59.4 Å². The predicted octanol–water partition coefficient (Wildman–Crippen LogP) is 3.18. The molecule has 0 aliphatic carbocycles. The first-order chi connectivity index (χ1) is 13.5. The second-order valence-electron chi connectivity index (χ2n) is 7.24. The van der Waals surface area contributed by atoms with Crippen LogP contribution in [0.15, 0.2) is 17.7 Å². The summed E-state index contributed by atoms with van der Waals surface area (Å²) in [6.07, 6.45) is 2.88.